The van der Waals surface area contributed by atoms with Gasteiger partial charge in [-0.05, 0) is 36.6 Å². The maximum Gasteiger partial charge on any atom is 0.119 e. The fourth-order valence-corrected chi connectivity index (χ4v) is 2.50. The van der Waals surface area contributed by atoms with E-state index in [2.05, 4.69) is 43.3 Å². The lowest BCUT2D eigenvalue weighted by molar-refractivity contribution is 0.339. The Labute approximate surface area is 121 Å². The molecule has 2 rings (SSSR count). The van der Waals surface area contributed by atoms with Crippen molar-refractivity contribution in [1.82, 2.24) is 0 Å². The van der Waals surface area contributed by atoms with Crippen molar-refractivity contribution >= 4 is 0 Å². The van der Waals surface area contributed by atoms with Crippen molar-refractivity contribution in [2.75, 3.05) is 13.2 Å². The molecule has 0 saturated carbocycles. The third-order valence-electron chi connectivity index (χ3n) is 3.72. The Morgan fingerprint density at radius 3 is 2.45 bits per heavy atom. The zero-order valence-corrected chi connectivity index (χ0v) is 12.3. The number of hydrogen-bond donors (Lipinski definition) is 1. The van der Waals surface area contributed by atoms with Crippen molar-refractivity contribution in [2.45, 2.75) is 25.7 Å². The Morgan fingerprint density at radius 2 is 1.80 bits per heavy atom. The van der Waals surface area contributed by atoms with Gasteiger partial charge < -0.3 is 10.5 Å². The molecule has 0 radical (unpaired) electrons. The van der Waals surface area contributed by atoms with E-state index in [1.807, 2.05) is 25.1 Å². The molecular weight excluding hydrogens is 246 g/mol. The van der Waals surface area contributed by atoms with Gasteiger partial charge in [0.15, 0.2) is 0 Å². The Bertz CT molecular complexity index is 538. The van der Waals surface area contributed by atoms with E-state index in [9.17, 15) is 0 Å². The van der Waals surface area contributed by atoms with Crippen LogP contribution in [0.1, 0.15) is 25.0 Å². The summed E-state index contributed by atoms with van der Waals surface area (Å²) in [6, 6.07) is 18.8. The molecular formula is C18H23NO. The van der Waals surface area contributed by atoms with Crippen LogP contribution >= 0.6 is 0 Å². The van der Waals surface area contributed by atoms with Crippen LogP contribution in [0.25, 0.3) is 0 Å². The van der Waals surface area contributed by atoms with E-state index in [4.69, 9.17) is 10.5 Å². The number of nitrogens with two attached hydrogens (primary N) is 1. The van der Waals surface area contributed by atoms with Gasteiger partial charge in [-0.15, -0.1) is 0 Å². The fraction of sp³-hybridized carbons (Fsp3) is 0.333. The Hall–Kier alpha value is -1.80. The summed E-state index contributed by atoms with van der Waals surface area (Å²) >= 11 is 0. The van der Waals surface area contributed by atoms with Crippen LogP contribution < -0.4 is 10.5 Å². The quantitative estimate of drug-likeness (QED) is 0.870. The maximum absolute atomic E-state index is 6.05. The predicted molar refractivity (Wildman–Crippen MR) is 84.2 cm³/mol. The van der Waals surface area contributed by atoms with Crippen molar-refractivity contribution in [3.8, 4) is 5.75 Å². The third kappa shape index (κ3) is 3.40. The van der Waals surface area contributed by atoms with Gasteiger partial charge in [-0.2, -0.15) is 0 Å². The molecule has 2 nitrogen and oxygen atoms in total. The first-order valence-corrected chi connectivity index (χ1v) is 7.15. The molecule has 2 aromatic carbocycles. The third-order valence-corrected chi connectivity index (χ3v) is 3.72. The molecule has 0 fully saturated rings. The van der Waals surface area contributed by atoms with Crippen LogP contribution in [-0.4, -0.2) is 13.2 Å². The molecule has 20 heavy (non-hydrogen) atoms. The Morgan fingerprint density at radius 1 is 1.05 bits per heavy atom. The van der Waals surface area contributed by atoms with Gasteiger partial charge in [-0.1, -0.05) is 49.4 Å². The summed E-state index contributed by atoms with van der Waals surface area (Å²) in [5, 5.41) is 0. The molecule has 1 atom stereocenters. The van der Waals surface area contributed by atoms with Crippen molar-refractivity contribution in [3.63, 3.8) is 0 Å². The number of rotatable bonds is 6. The van der Waals surface area contributed by atoms with Gasteiger partial charge in [0, 0.05) is 12.0 Å². The molecule has 1 unspecified atom stereocenters. The van der Waals surface area contributed by atoms with E-state index in [1.54, 1.807) is 0 Å². The molecule has 0 bridgehead atoms. The number of ether oxygens (including phenoxy) is 1. The summed E-state index contributed by atoms with van der Waals surface area (Å²) in [7, 11) is 0. The lowest BCUT2D eigenvalue weighted by Crippen LogP contribution is -2.34. The van der Waals surface area contributed by atoms with Gasteiger partial charge in [0.1, 0.15) is 5.75 Å². The zero-order chi connectivity index (χ0) is 14.4. The van der Waals surface area contributed by atoms with E-state index < -0.39 is 0 Å². The molecule has 0 amide bonds. The molecule has 0 heterocycles. The van der Waals surface area contributed by atoms with Gasteiger partial charge in [0.25, 0.3) is 0 Å². The van der Waals surface area contributed by atoms with Gasteiger partial charge in [-0.3, -0.25) is 0 Å². The van der Waals surface area contributed by atoms with Gasteiger partial charge in [-0.25, -0.2) is 0 Å². The minimum Gasteiger partial charge on any atom is -0.494 e. The standard InChI is InChI=1S/C18H23NO/c1-3-20-17-11-7-8-15(12-17)13-18(2,14-19)16-9-5-4-6-10-16/h4-12H,3,13-14,19H2,1-2H3. The van der Waals surface area contributed by atoms with Crippen LogP contribution in [0.4, 0.5) is 0 Å². The Balaban J connectivity index is 2.24. The molecule has 0 spiro atoms. The van der Waals surface area contributed by atoms with Crippen LogP contribution in [0.5, 0.6) is 5.75 Å². The number of benzene rings is 2. The molecule has 0 saturated heterocycles. The van der Waals surface area contributed by atoms with E-state index in [1.165, 1.54) is 11.1 Å². The SMILES string of the molecule is CCOc1cccc(CC(C)(CN)c2ccccc2)c1. The minimum atomic E-state index is -0.0495. The summed E-state index contributed by atoms with van der Waals surface area (Å²) in [6.07, 6.45) is 0.911. The van der Waals surface area contributed by atoms with Crippen molar-refractivity contribution in [1.29, 1.82) is 0 Å². The second-order valence-corrected chi connectivity index (χ2v) is 5.39. The van der Waals surface area contributed by atoms with Crippen LogP contribution in [0.3, 0.4) is 0 Å². The van der Waals surface area contributed by atoms with Crippen LogP contribution in [0.2, 0.25) is 0 Å². The lowest BCUT2D eigenvalue weighted by atomic mass is 9.77. The topological polar surface area (TPSA) is 35.2 Å². The summed E-state index contributed by atoms with van der Waals surface area (Å²) in [5.74, 6) is 0.928. The molecule has 0 aliphatic carbocycles. The van der Waals surface area contributed by atoms with E-state index in [-0.39, 0.29) is 5.41 Å². The van der Waals surface area contributed by atoms with Crippen LogP contribution in [-0.2, 0) is 11.8 Å². The van der Waals surface area contributed by atoms with E-state index in [0.29, 0.717) is 13.2 Å². The molecule has 0 aliphatic heterocycles. The van der Waals surface area contributed by atoms with E-state index >= 15 is 0 Å². The number of hydrogen-bond acceptors (Lipinski definition) is 2. The highest BCUT2D eigenvalue weighted by Gasteiger charge is 2.25. The first-order chi connectivity index (χ1) is 9.68. The summed E-state index contributed by atoms with van der Waals surface area (Å²) in [5.41, 5.74) is 8.54. The molecule has 106 valence electrons. The highest BCUT2D eigenvalue weighted by molar-refractivity contribution is 5.33. The zero-order valence-electron chi connectivity index (χ0n) is 12.3. The second-order valence-electron chi connectivity index (χ2n) is 5.39. The van der Waals surface area contributed by atoms with Crippen molar-refractivity contribution in [2.24, 2.45) is 5.73 Å². The van der Waals surface area contributed by atoms with Crippen molar-refractivity contribution < 1.29 is 4.74 Å². The van der Waals surface area contributed by atoms with Gasteiger partial charge in [0.2, 0.25) is 0 Å². The minimum absolute atomic E-state index is 0.0495. The summed E-state index contributed by atoms with van der Waals surface area (Å²) < 4.78 is 5.57. The first kappa shape index (κ1) is 14.6. The van der Waals surface area contributed by atoms with Gasteiger partial charge >= 0.3 is 0 Å². The fourth-order valence-electron chi connectivity index (χ4n) is 2.50. The molecule has 0 aliphatic rings. The first-order valence-electron chi connectivity index (χ1n) is 7.15. The molecule has 0 aromatic heterocycles. The predicted octanol–water partition coefficient (Wildman–Crippen LogP) is 3.54. The average molecular weight is 269 g/mol. The highest BCUT2D eigenvalue weighted by Crippen LogP contribution is 2.28. The monoisotopic (exact) mass is 269 g/mol. The lowest BCUT2D eigenvalue weighted by Gasteiger charge is -2.29. The van der Waals surface area contributed by atoms with Crippen molar-refractivity contribution in [3.05, 3.63) is 65.7 Å². The van der Waals surface area contributed by atoms with Crippen LogP contribution in [0.15, 0.2) is 54.6 Å². The maximum atomic E-state index is 6.05. The smallest absolute Gasteiger partial charge is 0.119 e. The second kappa shape index (κ2) is 6.58. The van der Waals surface area contributed by atoms with Crippen LogP contribution in [0, 0.1) is 0 Å². The highest BCUT2D eigenvalue weighted by atomic mass is 16.5. The Kier molecular flexibility index (Phi) is 4.80. The molecule has 2 aromatic rings. The molecule has 2 heteroatoms. The van der Waals surface area contributed by atoms with E-state index in [0.717, 1.165) is 12.2 Å². The summed E-state index contributed by atoms with van der Waals surface area (Å²) in [4.78, 5) is 0. The van der Waals surface area contributed by atoms with Gasteiger partial charge in [0.05, 0.1) is 6.61 Å². The summed E-state index contributed by atoms with van der Waals surface area (Å²) in [6.45, 7) is 5.53. The normalized spacial score (nSPS) is 13.8. The molecule has 2 N–H and O–H groups in total. The largest absolute Gasteiger partial charge is 0.494 e. The average Bonchev–Trinajstić information content (AvgIpc) is 2.49.